The molecular weight excluding hydrogens is 280 g/mol. The summed E-state index contributed by atoms with van der Waals surface area (Å²) in [4.78, 5) is 11.4. The van der Waals surface area contributed by atoms with Gasteiger partial charge in [-0.2, -0.15) is 0 Å². The largest absolute Gasteiger partial charge is 0.493 e. The molecule has 0 bridgehead atoms. The number of thioether (sulfide) groups is 1. The van der Waals surface area contributed by atoms with Gasteiger partial charge >= 0.3 is 0 Å². The standard InChI is InChI=1S/C13H14N2O2S2/c14-15-13(16)10-3-1-4-11(9-10)17-6-8-19-12-5-2-7-18-12/h1-5,7,9H,6,8,14H2,(H,15,16). The van der Waals surface area contributed by atoms with E-state index in [0.717, 1.165) is 5.75 Å². The molecule has 6 heteroatoms. The van der Waals surface area contributed by atoms with Crippen molar-refractivity contribution in [2.24, 2.45) is 5.84 Å². The number of nitrogens with one attached hydrogen (secondary N) is 1. The Balaban J connectivity index is 1.81. The van der Waals surface area contributed by atoms with Crippen LogP contribution in [0.25, 0.3) is 0 Å². The fourth-order valence-corrected chi connectivity index (χ4v) is 3.14. The van der Waals surface area contributed by atoms with Crippen LogP contribution in [-0.2, 0) is 0 Å². The molecule has 0 aliphatic rings. The molecule has 0 saturated heterocycles. The number of hydrogen-bond acceptors (Lipinski definition) is 5. The van der Waals surface area contributed by atoms with E-state index in [1.807, 2.05) is 12.1 Å². The third-order valence-electron chi connectivity index (χ3n) is 2.32. The number of nitrogens with two attached hydrogens (primary N) is 1. The highest BCUT2D eigenvalue weighted by Crippen LogP contribution is 2.23. The van der Waals surface area contributed by atoms with Crippen LogP contribution in [0.5, 0.6) is 5.75 Å². The molecule has 0 atom stereocenters. The smallest absolute Gasteiger partial charge is 0.265 e. The third-order valence-corrected chi connectivity index (χ3v) is 4.41. The lowest BCUT2D eigenvalue weighted by Gasteiger charge is -2.07. The van der Waals surface area contributed by atoms with Crippen LogP contribution in [0, 0.1) is 0 Å². The topological polar surface area (TPSA) is 64.3 Å². The Bertz CT molecular complexity index is 529. The SMILES string of the molecule is NNC(=O)c1cccc(OCCSc2cccs2)c1. The first-order valence-corrected chi connectivity index (χ1v) is 7.56. The fourth-order valence-electron chi connectivity index (χ4n) is 1.46. The maximum Gasteiger partial charge on any atom is 0.265 e. The third kappa shape index (κ3) is 4.27. The van der Waals surface area contributed by atoms with Crippen LogP contribution in [0.2, 0.25) is 0 Å². The zero-order chi connectivity index (χ0) is 13.5. The number of nitrogen functional groups attached to an aromatic ring is 1. The normalized spacial score (nSPS) is 10.2. The van der Waals surface area contributed by atoms with Crippen molar-refractivity contribution in [2.75, 3.05) is 12.4 Å². The van der Waals surface area contributed by atoms with E-state index in [2.05, 4.69) is 16.9 Å². The molecule has 2 rings (SSSR count). The van der Waals surface area contributed by atoms with Gasteiger partial charge in [0.15, 0.2) is 0 Å². The van der Waals surface area contributed by atoms with Crippen molar-refractivity contribution in [1.82, 2.24) is 5.43 Å². The monoisotopic (exact) mass is 294 g/mol. The van der Waals surface area contributed by atoms with Gasteiger partial charge in [0, 0.05) is 11.3 Å². The average molecular weight is 294 g/mol. The van der Waals surface area contributed by atoms with Crippen LogP contribution in [0.15, 0.2) is 46.0 Å². The summed E-state index contributed by atoms with van der Waals surface area (Å²) in [5.41, 5.74) is 2.59. The van der Waals surface area contributed by atoms with E-state index >= 15 is 0 Å². The number of benzene rings is 1. The Hall–Kier alpha value is -1.50. The predicted molar refractivity (Wildman–Crippen MR) is 78.6 cm³/mol. The molecule has 0 unspecified atom stereocenters. The lowest BCUT2D eigenvalue weighted by atomic mass is 10.2. The van der Waals surface area contributed by atoms with Gasteiger partial charge in [0.1, 0.15) is 5.75 Å². The number of thiophene rings is 1. The first-order valence-electron chi connectivity index (χ1n) is 5.69. The number of carbonyl (C=O) groups excluding carboxylic acids is 1. The Morgan fingerprint density at radius 2 is 2.26 bits per heavy atom. The molecule has 100 valence electrons. The molecule has 0 radical (unpaired) electrons. The summed E-state index contributed by atoms with van der Waals surface area (Å²) in [6.45, 7) is 0.594. The van der Waals surface area contributed by atoms with Crippen molar-refractivity contribution in [3.05, 3.63) is 47.3 Å². The number of amides is 1. The molecule has 0 fully saturated rings. The summed E-state index contributed by atoms with van der Waals surface area (Å²) >= 11 is 3.47. The Morgan fingerprint density at radius 1 is 1.37 bits per heavy atom. The average Bonchev–Trinajstić information content (AvgIpc) is 2.96. The van der Waals surface area contributed by atoms with Crippen LogP contribution in [0.4, 0.5) is 0 Å². The van der Waals surface area contributed by atoms with Crippen LogP contribution < -0.4 is 16.0 Å². The van der Waals surface area contributed by atoms with Crippen molar-refractivity contribution in [3.63, 3.8) is 0 Å². The minimum Gasteiger partial charge on any atom is -0.493 e. The van der Waals surface area contributed by atoms with Crippen molar-refractivity contribution < 1.29 is 9.53 Å². The number of ether oxygens (including phenoxy) is 1. The van der Waals surface area contributed by atoms with Crippen molar-refractivity contribution in [1.29, 1.82) is 0 Å². The zero-order valence-corrected chi connectivity index (χ0v) is 11.8. The summed E-state index contributed by atoms with van der Waals surface area (Å²) in [5, 5.41) is 2.05. The molecule has 1 aromatic carbocycles. The van der Waals surface area contributed by atoms with E-state index < -0.39 is 0 Å². The molecular formula is C13H14N2O2S2. The van der Waals surface area contributed by atoms with E-state index in [-0.39, 0.29) is 5.91 Å². The zero-order valence-electron chi connectivity index (χ0n) is 10.2. The van der Waals surface area contributed by atoms with Crippen LogP contribution >= 0.6 is 23.1 Å². The molecule has 1 amide bonds. The van der Waals surface area contributed by atoms with Gasteiger partial charge in [-0.25, -0.2) is 5.84 Å². The van der Waals surface area contributed by atoms with Gasteiger partial charge in [-0.1, -0.05) is 12.1 Å². The van der Waals surface area contributed by atoms with Gasteiger partial charge < -0.3 is 4.74 Å². The molecule has 0 spiro atoms. The second-order valence-corrected chi connectivity index (χ2v) is 5.97. The first kappa shape index (κ1) is 13.9. The highest BCUT2D eigenvalue weighted by Gasteiger charge is 2.04. The minimum atomic E-state index is -0.321. The van der Waals surface area contributed by atoms with E-state index in [0.29, 0.717) is 17.9 Å². The van der Waals surface area contributed by atoms with Crippen molar-refractivity contribution in [3.8, 4) is 5.75 Å². The van der Waals surface area contributed by atoms with Gasteiger partial charge in [-0.3, -0.25) is 10.2 Å². The van der Waals surface area contributed by atoms with E-state index in [1.165, 1.54) is 4.21 Å². The second kappa shape index (κ2) is 7.18. The molecule has 0 saturated carbocycles. The predicted octanol–water partition coefficient (Wildman–Crippen LogP) is 2.52. The highest BCUT2D eigenvalue weighted by atomic mass is 32.2. The maximum absolute atomic E-state index is 11.4. The van der Waals surface area contributed by atoms with Crippen molar-refractivity contribution in [2.45, 2.75) is 4.21 Å². The number of hydrazine groups is 1. The lowest BCUT2D eigenvalue weighted by Crippen LogP contribution is -2.29. The quantitative estimate of drug-likeness (QED) is 0.282. The van der Waals surface area contributed by atoms with E-state index in [9.17, 15) is 4.79 Å². The molecule has 3 N–H and O–H groups in total. The summed E-state index contributed by atoms with van der Waals surface area (Å²) < 4.78 is 6.88. The number of carbonyl (C=O) groups is 1. The molecule has 2 aromatic rings. The van der Waals surface area contributed by atoms with Gasteiger partial charge in [0.2, 0.25) is 0 Å². The van der Waals surface area contributed by atoms with Crippen LogP contribution in [0.3, 0.4) is 0 Å². The first-order chi connectivity index (χ1) is 9.29. The van der Waals surface area contributed by atoms with Gasteiger partial charge in [-0.05, 0) is 29.6 Å². The lowest BCUT2D eigenvalue weighted by molar-refractivity contribution is 0.0953. The Morgan fingerprint density at radius 3 is 3.00 bits per heavy atom. The van der Waals surface area contributed by atoms with Crippen LogP contribution in [0.1, 0.15) is 10.4 Å². The summed E-state index contributed by atoms with van der Waals surface area (Å²) in [6.07, 6.45) is 0. The Labute approximate surface area is 119 Å². The van der Waals surface area contributed by atoms with E-state index in [4.69, 9.17) is 10.6 Å². The summed E-state index contributed by atoms with van der Waals surface area (Å²) in [7, 11) is 0. The summed E-state index contributed by atoms with van der Waals surface area (Å²) in [5.74, 6) is 6.31. The number of hydrogen-bond donors (Lipinski definition) is 2. The maximum atomic E-state index is 11.4. The molecule has 19 heavy (non-hydrogen) atoms. The molecule has 0 aliphatic carbocycles. The van der Waals surface area contributed by atoms with Gasteiger partial charge in [0.25, 0.3) is 5.91 Å². The fraction of sp³-hybridized carbons (Fsp3) is 0.154. The second-order valence-electron chi connectivity index (χ2n) is 3.63. The van der Waals surface area contributed by atoms with Crippen LogP contribution in [-0.4, -0.2) is 18.3 Å². The molecule has 4 nitrogen and oxygen atoms in total. The minimum absolute atomic E-state index is 0.321. The van der Waals surface area contributed by atoms with E-state index in [1.54, 1.807) is 41.3 Å². The Kier molecular flexibility index (Phi) is 5.26. The van der Waals surface area contributed by atoms with Gasteiger partial charge in [-0.15, -0.1) is 23.1 Å². The van der Waals surface area contributed by atoms with Gasteiger partial charge in [0.05, 0.1) is 10.8 Å². The molecule has 1 aromatic heterocycles. The summed E-state index contributed by atoms with van der Waals surface area (Å²) in [6, 6.07) is 11.1. The molecule has 0 aliphatic heterocycles. The van der Waals surface area contributed by atoms with Crippen molar-refractivity contribution >= 4 is 29.0 Å². The highest BCUT2D eigenvalue weighted by molar-refractivity contribution is 8.01. The molecule has 1 heterocycles. The number of rotatable bonds is 6.